The molecular weight excluding hydrogens is 381 g/mol. The van der Waals surface area contributed by atoms with E-state index >= 15 is 0 Å². The standard InChI is InChI=1S/C21H25F3N4O/c1-13-15-7-16(8-15)28(12-14-3-5-17(29-2)6-4-14)18(13)9-26-20-11-25-19(10-27-20)21(22,23)24/h3-6,10-11,13,15-16,18H,7-9,12H2,1-2H3,(H,26,27)/t13-,15?,16?,18-/m1/s1. The summed E-state index contributed by atoms with van der Waals surface area (Å²) in [5.74, 6) is 2.43. The van der Waals surface area contributed by atoms with E-state index in [1.165, 1.54) is 18.4 Å². The van der Waals surface area contributed by atoms with E-state index in [4.69, 9.17) is 4.74 Å². The fourth-order valence-corrected chi connectivity index (χ4v) is 4.48. The predicted molar refractivity (Wildman–Crippen MR) is 104 cm³/mol. The smallest absolute Gasteiger partial charge is 0.434 e. The molecule has 156 valence electrons. The van der Waals surface area contributed by atoms with Gasteiger partial charge in [-0.3, -0.25) is 4.90 Å². The van der Waals surface area contributed by atoms with Gasteiger partial charge in [0.2, 0.25) is 0 Å². The van der Waals surface area contributed by atoms with Gasteiger partial charge in [-0.1, -0.05) is 19.1 Å². The number of methoxy groups -OCH3 is 1. The molecule has 0 unspecified atom stereocenters. The van der Waals surface area contributed by atoms with Crippen molar-refractivity contribution in [2.24, 2.45) is 11.8 Å². The van der Waals surface area contributed by atoms with Gasteiger partial charge in [-0.2, -0.15) is 13.2 Å². The fourth-order valence-electron chi connectivity index (χ4n) is 4.48. The molecule has 2 aromatic rings. The number of piperidine rings is 2. The molecule has 2 atom stereocenters. The van der Waals surface area contributed by atoms with Crippen LogP contribution in [0.25, 0.3) is 0 Å². The predicted octanol–water partition coefficient (Wildman–Crippen LogP) is 4.22. The Hall–Kier alpha value is -2.35. The highest BCUT2D eigenvalue weighted by Crippen LogP contribution is 2.47. The van der Waals surface area contributed by atoms with Crippen LogP contribution in [0.3, 0.4) is 0 Å². The SMILES string of the molecule is COc1ccc(CN2C3CC(C3)[C@@H](C)[C@H]2CNc2cnc(C(F)(F)F)cn2)cc1. The van der Waals surface area contributed by atoms with Gasteiger partial charge in [-0.25, -0.2) is 9.97 Å². The number of aromatic nitrogens is 2. The van der Waals surface area contributed by atoms with Crippen LogP contribution >= 0.6 is 0 Å². The Morgan fingerprint density at radius 3 is 2.45 bits per heavy atom. The minimum Gasteiger partial charge on any atom is -0.497 e. The first-order valence-corrected chi connectivity index (χ1v) is 9.87. The third-order valence-electron chi connectivity index (χ3n) is 6.35. The Morgan fingerprint density at radius 2 is 1.86 bits per heavy atom. The zero-order chi connectivity index (χ0) is 20.6. The van der Waals surface area contributed by atoms with Crippen LogP contribution in [0.15, 0.2) is 36.7 Å². The lowest BCUT2D eigenvalue weighted by atomic mass is 9.64. The molecule has 29 heavy (non-hydrogen) atoms. The second kappa shape index (κ2) is 7.82. The number of ether oxygens (including phenoxy) is 1. The van der Waals surface area contributed by atoms with Gasteiger partial charge in [0, 0.05) is 25.2 Å². The Morgan fingerprint density at radius 1 is 1.14 bits per heavy atom. The normalized spacial score (nSPS) is 26.7. The summed E-state index contributed by atoms with van der Waals surface area (Å²) in [6.45, 7) is 3.74. The molecule has 3 aliphatic rings. The fraction of sp³-hybridized carbons (Fsp3) is 0.524. The number of fused-ring (bicyclic) bond motifs is 2. The van der Waals surface area contributed by atoms with E-state index in [1.54, 1.807) is 7.11 Å². The van der Waals surface area contributed by atoms with E-state index in [-0.39, 0.29) is 0 Å². The summed E-state index contributed by atoms with van der Waals surface area (Å²) in [5, 5.41) is 3.20. The highest BCUT2D eigenvalue weighted by atomic mass is 19.4. The van der Waals surface area contributed by atoms with Crippen LogP contribution in [-0.4, -0.2) is 40.6 Å². The van der Waals surface area contributed by atoms with E-state index in [0.29, 0.717) is 30.4 Å². The van der Waals surface area contributed by atoms with Crippen molar-refractivity contribution in [2.75, 3.05) is 19.0 Å². The van der Waals surface area contributed by atoms with Crippen LogP contribution < -0.4 is 10.1 Å². The molecule has 1 N–H and O–H groups in total. The van der Waals surface area contributed by atoms with E-state index in [9.17, 15) is 13.2 Å². The summed E-state index contributed by atoms with van der Waals surface area (Å²) in [6.07, 6.45) is -0.105. The van der Waals surface area contributed by atoms with E-state index in [0.717, 1.165) is 30.6 Å². The Labute approximate surface area is 168 Å². The summed E-state index contributed by atoms with van der Waals surface area (Å²) in [7, 11) is 1.65. The first-order valence-electron chi connectivity index (χ1n) is 9.87. The molecule has 1 saturated carbocycles. The lowest BCUT2D eigenvalue weighted by Crippen LogP contribution is -2.62. The van der Waals surface area contributed by atoms with Gasteiger partial charge in [0.15, 0.2) is 5.69 Å². The number of rotatable bonds is 6. The van der Waals surface area contributed by atoms with Crippen molar-refractivity contribution in [2.45, 2.75) is 44.6 Å². The van der Waals surface area contributed by atoms with Gasteiger partial charge in [-0.15, -0.1) is 0 Å². The van der Waals surface area contributed by atoms with Crippen molar-refractivity contribution in [1.82, 2.24) is 14.9 Å². The zero-order valence-corrected chi connectivity index (χ0v) is 16.5. The number of anilines is 1. The average molecular weight is 406 g/mol. The molecular formula is C21H25F3N4O. The molecule has 2 bridgehead atoms. The van der Waals surface area contributed by atoms with Crippen molar-refractivity contribution >= 4 is 5.82 Å². The van der Waals surface area contributed by atoms with Crippen molar-refractivity contribution in [3.63, 3.8) is 0 Å². The van der Waals surface area contributed by atoms with Gasteiger partial charge >= 0.3 is 6.18 Å². The molecule has 5 nitrogen and oxygen atoms in total. The molecule has 5 rings (SSSR count). The topological polar surface area (TPSA) is 50.3 Å². The second-order valence-electron chi connectivity index (χ2n) is 8.00. The number of alkyl halides is 3. The lowest BCUT2D eigenvalue weighted by molar-refractivity contribution is -0.141. The number of nitrogens with one attached hydrogen (secondary N) is 1. The van der Waals surface area contributed by atoms with E-state index < -0.39 is 11.9 Å². The summed E-state index contributed by atoms with van der Waals surface area (Å²) >= 11 is 0. The number of halogens is 3. The highest BCUT2D eigenvalue weighted by Gasteiger charge is 2.48. The van der Waals surface area contributed by atoms with Crippen LogP contribution in [0.4, 0.5) is 19.0 Å². The molecule has 0 amide bonds. The number of hydrogen-bond acceptors (Lipinski definition) is 5. The zero-order valence-electron chi connectivity index (χ0n) is 16.5. The van der Waals surface area contributed by atoms with Crippen molar-refractivity contribution in [3.05, 3.63) is 47.9 Å². The van der Waals surface area contributed by atoms with Crippen LogP contribution in [0.1, 0.15) is 31.0 Å². The molecule has 0 spiro atoms. The molecule has 1 aliphatic carbocycles. The molecule has 1 aromatic heterocycles. The molecule has 2 aliphatic heterocycles. The Bertz CT molecular complexity index is 819. The van der Waals surface area contributed by atoms with Gasteiger partial charge in [0.25, 0.3) is 0 Å². The highest BCUT2D eigenvalue weighted by molar-refractivity contribution is 5.32. The number of benzene rings is 1. The number of nitrogens with zero attached hydrogens (tertiary/aromatic N) is 3. The summed E-state index contributed by atoms with van der Waals surface area (Å²) in [6, 6.07) is 8.96. The van der Waals surface area contributed by atoms with Crippen LogP contribution in [0, 0.1) is 11.8 Å². The maximum Gasteiger partial charge on any atom is 0.434 e. The van der Waals surface area contributed by atoms with Gasteiger partial charge in [-0.05, 0) is 42.4 Å². The molecule has 0 radical (unpaired) electrons. The summed E-state index contributed by atoms with van der Waals surface area (Å²) in [4.78, 5) is 9.90. The minimum atomic E-state index is -4.47. The van der Waals surface area contributed by atoms with Gasteiger partial charge < -0.3 is 10.1 Å². The molecule has 3 fully saturated rings. The summed E-state index contributed by atoms with van der Waals surface area (Å²) in [5.41, 5.74) is 0.249. The van der Waals surface area contributed by atoms with Crippen molar-refractivity contribution in [3.8, 4) is 5.75 Å². The minimum absolute atomic E-state index is 0.290. The van der Waals surface area contributed by atoms with E-state index in [2.05, 4.69) is 39.2 Å². The first-order chi connectivity index (χ1) is 13.8. The van der Waals surface area contributed by atoms with Crippen LogP contribution in [0.2, 0.25) is 0 Å². The second-order valence-corrected chi connectivity index (χ2v) is 8.00. The Kier molecular flexibility index (Phi) is 5.38. The maximum absolute atomic E-state index is 12.7. The monoisotopic (exact) mass is 406 g/mol. The third-order valence-corrected chi connectivity index (χ3v) is 6.35. The average Bonchev–Trinajstić information content (AvgIpc) is 2.66. The Balaban J connectivity index is 1.43. The first kappa shape index (κ1) is 19.9. The molecule has 3 heterocycles. The van der Waals surface area contributed by atoms with Crippen LogP contribution in [0.5, 0.6) is 5.75 Å². The van der Waals surface area contributed by atoms with Gasteiger partial charge in [0.05, 0.1) is 19.5 Å². The van der Waals surface area contributed by atoms with Crippen molar-refractivity contribution < 1.29 is 17.9 Å². The maximum atomic E-state index is 12.7. The van der Waals surface area contributed by atoms with E-state index in [1.807, 2.05) is 12.1 Å². The summed E-state index contributed by atoms with van der Waals surface area (Å²) < 4.78 is 43.2. The van der Waals surface area contributed by atoms with Crippen molar-refractivity contribution in [1.29, 1.82) is 0 Å². The quantitative estimate of drug-likeness (QED) is 0.779. The lowest BCUT2D eigenvalue weighted by Gasteiger charge is -2.57. The van der Waals surface area contributed by atoms with Crippen LogP contribution in [-0.2, 0) is 12.7 Å². The third kappa shape index (κ3) is 4.17. The van der Waals surface area contributed by atoms with Gasteiger partial charge in [0.1, 0.15) is 11.6 Å². The molecule has 8 heteroatoms. The molecule has 2 saturated heterocycles. The largest absolute Gasteiger partial charge is 0.497 e. The molecule has 1 aromatic carbocycles. The number of hydrogen-bond donors (Lipinski definition) is 1.